The molecule has 2 aromatic rings. The third kappa shape index (κ3) is 2.88. The highest BCUT2D eigenvalue weighted by Crippen LogP contribution is 2.23. The Morgan fingerprint density at radius 1 is 1.21 bits per heavy atom. The summed E-state index contributed by atoms with van der Waals surface area (Å²) in [6, 6.07) is 7.51. The van der Waals surface area contributed by atoms with Crippen molar-refractivity contribution in [3.63, 3.8) is 0 Å². The van der Waals surface area contributed by atoms with E-state index in [-0.39, 0.29) is 0 Å². The van der Waals surface area contributed by atoms with E-state index in [1.165, 1.54) is 0 Å². The van der Waals surface area contributed by atoms with Crippen LogP contribution in [0.3, 0.4) is 0 Å². The molecule has 0 radical (unpaired) electrons. The topological polar surface area (TPSA) is 48.3 Å². The summed E-state index contributed by atoms with van der Waals surface area (Å²) in [6.45, 7) is 3.10. The number of ether oxygens (including phenoxy) is 2. The van der Waals surface area contributed by atoms with Crippen molar-refractivity contribution in [2.75, 3.05) is 20.2 Å². The lowest BCUT2D eigenvalue weighted by atomic mass is 10.0. The standard InChI is InChI=1S/C14H17N3O2/c1-18-12-2-4-13(5-3-12)19-14-8-16-17(10-14)9-11-6-15-7-11/h2-5,8,10-11,15H,6-7,9H2,1H3. The normalized spacial score (nSPS) is 15.0. The Morgan fingerprint density at radius 3 is 2.58 bits per heavy atom. The summed E-state index contributed by atoms with van der Waals surface area (Å²) in [5.74, 6) is 3.05. The molecule has 1 aliphatic heterocycles. The van der Waals surface area contributed by atoms with Crippen LogP contribution in [0.25, 0.3) is 0 Å². The van der Waals surface area contributed by atoms with Crippen molar-refractivity contribution in [3.8, 4) is 17.2 Å². The third-order valence-corrected chi connectivity index (χ3v) is 3.22. The number of methoxy groups -OCH3 is 1. The van der Waals surface area contributed by atoms with Gasteiger partial charge in [-0.2, -0.15) is 5.10 Å². The molecule has 1 fully saturated rings. The van der Waals surface area contributed by atoms with Crippen LogP contribution in [0.4, 0.5) is 0 Å². The largest absolute Gasteiger partial charge is 0.497 e. The summed E-state index contributed by atoms with van der Waals surface area (Å²) in [7, 11) is 1.65. The predicted octanol–water partition coefficient (Wildman–Crippen LogP) is 1.90. The Bertz CT molecular complexity index is 532. The van der Waals surface area contributed by atoms with Crippen LogP contribution in [0, 0.1) is 5.92 Å². The van der Waals surface area contributed by atoms with Crippen molar-refractivity contribution in [2.45, 2.75) is 6.54 Å². The molecule has 3 rings (SSSR count). The molecule has 1 aliphatic rings. The van der Waals surface area contributed by atoms with Gasteiger partial charge in [0.15, 0.2) is 5.75 Å². The van der Waals surface area contributed by atoms with Gasteiger partial charge in [0.1, 0.15) is 11.5 Å². The Labute approximate surface area is 112 Å². The molecular formula is C14H17N3O2. The van der Waals surface area contributed by atoms with Crippen LogP contribution in [-0.4, -0.2) is 30.0 Å². The first-order chi connectivity index (χ1) is 9.33. The zero-order valence-corrected chi connectivity index (χ0v) is 10.9. The van der Waals surface area contributed by atoms with Crippen molar-refractivity contribution < 1.29 is 9.47 Å². The third-order valence-electron chi connectivity index (χ3n) is 3.22. The average molecular weight is 259 g/mol. The first-order valence-electron chi connectivity index (χ1n) is 6.38. The second kappa shape index (κ2) is 5.32. The Kier molecular flexibility index (Phi) is 3.37. The lowest BCUT2D eigenvalue weighted by Crippen LogP contribution is -2.44. The molecule has 0 aliphatic carbocycles. The van der Waals surface area contributed by atoms with Gasteiger partial charge in [-0.3, -0.25) is 4.68 Å². The number of aromatic nitrogens is 2. The monoisotopic (exact) mass is 259 g/mol. The first kappa shape index (κ1) is 12.0. The van der Waals surface area contributed by atoms with E-state index in [4.69, 9.17) is 9.47 Å². The van der Waals surface area contributed by atoms with Crippen LogP contribution in [0.1, 0.15) is 0 Å². The predicted molar refractivity (Wildman–Crippen MR) is 71.7 cm³/mol. The van der Waals surface area contributed by atoms with Gasteiger partial charge in [-0.15, -0.1) is 0 Å². The second-order valence-electron chi connectivity index (χ2n) is 4.70. The van der Waals surface area contributed by atoms with Gasteiger partial charge in [0.25, 0.3) is 0 Å². The van der Waals surface area contributed by atoms with E-state index in [2.05, 4.69) is 10.4 Å². The number of hydrogen-bond acceptors (Lipinski definition) is 4. The van der Waals surface area contributed by atoms with Gasteiger partial charge in [-0.25, -0.2) is 0 Å². The fraction of sp³-hybridized carbons (Fsp3) is 0.357. The van der Waals surface area contributed by atoms with Crippen LogP contribution in [0.15, 0.2) is 36.7 Å². The first-order valence-corrected chi connectivity index (χ1v) is 6.38. The zero-order valence-electron chi connectivity index (χ0n) is 10.9. The molecule has 0 bridgehead atoms. The van der Waals surface area contributed by atoms with Crippen LogP contribution >= 0.6 is 0 Å². The molecule has 0 atom stereocenters. The summed E-state index contributed by atoms with van der Waals surface area (Å²) >= 11 is 0. The van der Waals surface area contributed by atoms with E-state index in [1.807, 2.05) is 35.1 Å². The molecule has 1 aromatic carbocycles. The summed E-state index contributed by atoms with van der Waals surface area (Å²) in [5.41, 5.74) is 0. The van der Waals surface area contributed by atoms with Crippen molar-refractivity contribution in [1.82, 2.24) is 15.1 Å². The van der Waals surface area contributed by atoms with Crippen LogP contribution in [-0.2, 0) is 6.54 Å². The number of hydrogen-bond donors (Lipinski definition) is 1. The van der Waals surface area contributed by atoms with Gasteiger partial charge in [-0.1, -0.05) is 0 Å². The van der Waals surface area contributed by atoms with E-state index in [1.54, 1.807) is 13.3 Å². The van der Waals surface area contributed by atoms with Gasteiger partial charge >= 0.3 is 0 Å². The van der Waals surface area contributed by atoms with E-state index in [0.717, 1.165) is 36.9 Å². The lowest BCUT2D eigenvalue weighted by Gasteiger charge is -2.26. The van der Waals surface area contributed by atoms with E-state index in [0.29, 0.717) is 5.92 Å². The number of benzene rings is 1. The molecule has 19 heavy (non-hydrogen) atoms. The number of nitrogens with one attached hydrogen (secondary N) is 1. The second-order valence-corrected chi connectivity index (χ2v) is 4.70. The van der Waals surface area contributed by atoms with Crippen molar-refractivity contribution in [3.05, 3.63) is 36.7 Å². The Hall–Kier alpha value is -2.01. The maximum Gasteiger partial charge on any atom is 0.165 e. The summed E-state index contributed by atoms with van der Waals surface area (Å²) in [4.78, 5) is 0. The molecule has 1 N–H and O–H groups in total. The molecule has 5 heteroatoms. The van der Waals surface area contributed by atoms with Crippen molar-refractivity contribution >= 4 is 0 Å². The maximum atomic E-state index is 5.74. The molecule has 5 nitrogen and oxygen atoms in total. The van der Waals surface area contributed by atoms with Crippen LogP contribution in [0.5, 0.6) is 17.2 Å². The van der Waals surface area contributed by atoms with Gasteiger partial charge in [0, 0.05) is 25.6 Å². The molecule has 0 spiro atoms. The van der Waals surface area contributed by atoms with E-state index < -0.39 is 0 Å². The summed E-state index contributed by atoms with van der Waals surface area (Å²) < 4.78 is 12.8. The zero-order chi connectivity index (χ0) is 13.1. The summed E-state index contributed by atoms with van der Waals surface area (Å²) in [5, 5.41) is 7.56. The molecule has 1 aromatic heterocycles. The highest BCUT2D eigenvalue weighted by atomic mass is 16.5. The van der Waals surface area contributed by atoms with Gasteiger partial charge in [0.05, 0.1) is 19.5 Å². The molecular weight excluding hydrogens is 242 g/mol. The van der Waals surface area contributed by atoms with E-state index >= 15 is 0 Å². The quantitative estimate of drug-likeness (QED) is 0.891. The van der Waals surface area contributed by atoms with Gasteiger partial charge < -0.3 is 14.8 Å². The van der Waals surface area contributed by atoms with Gasteiger partial charge in [0.2, 0.25) is 0 Å². The molecule has 0 unspecified atom stereocenters. The Balaban J connectivity index is 1.61. The molecule has 100 valence electrons. The van der Waals surface area contributed by atoms with Gasteiger partial charge in [-0.05, 0) is 24.3 Å². The minimum atomic E-state index is 0.689. The fourth-order valence-corrected chi connectivity index (χ4v) is 2.02. The molecule has 0 amide bonds. The average Bonchev–Trinajstić information content (AvgIpc) is 2.82. The molecule has 2 heterocycles. The van der Waals surface area contributed by atoms with Crippen molar-refractivity contribution in [1.29, 1.82) is 0 Å². The number of rotatable bonds is 5. The lowest BCUT2D eigenvalue weighted by molar-refractivity contribution is 0.295. The smallest absolute Gasteiger partial charge is 0.165 e. The Morgan fingerprint density at radius 2 is 1.95 bits per heavy atom. The minimum Gasteiger partial charge on any atom is -0.497 e. The molecule has 0 saturated carbocycles. The summed E-state index contributed by atoms with van der Waals surface area (Å²) in [6.07, 6.45) is 3.68. The number of nitrogens with zero attached hydrogens (tertiary/aromatic N) is 2. The van der Waals surface area contributed by atoms with Crippen LogP contribution in [0.2, 0.25) is 0 Å². The highest BCUT2D eigenvalue weighted by Gasteiger charge is 2.17. The van der Waals surface area contributed by atoms with E-state index in [9.17, 15) is 0 Å². The fourth-order valence-electron chi connectivity index (χ4n) is 2.02. The maximum absolute atomic E-state index is 5.74. The highest BCUT2D eigenvalue weighted by molar-refractivity contribution is 5.34. The SMILES string of the molecule is COc1ccc(Oc2cnn(CC3CNC3)c2)cc1. The molecule has 1 saturated heterocycles. The van der Waals surface area contributed by atoms with Crippen LogP contribution < -0.4 is 14.8 Å². The van der Waals surface area contributed by atoms with Crippen molar-refractivity contribution in [2.24, 2.45) is 5.92 Å². The minimum absolute atomic E-state index is 0.689.